The zero-order valence-electron chi connectivity index (χ0n) is 13.6. The van der Waals surface area contributed by atoms with E-state index in [1.165, 1.54) is 0 Å². The van der Waals surface area contributed by atoms with Gasteiger partial charge in [-0.15, -0.1) is 0 Å². The van der Waals surface area contributed by atoms with Crippen molar-refractivity contribution in [1.82, 2.24) is 15.5 Å². The molecular weight excluding hydrogens is 326 g/mol. The number of aromatic amines is 1. The minimum atomic E-state index is -0.209. The monoisotopic (exact) mass is 345 g/mol. The van der Waals surface area contributed by atoms with Gasteiger partial charge in [0.25, 0.3) is 5.91 Å². The quantitative estimate of drug-likeness (QED) is 0.676. The molecule has 2 N–H and O–H groups in total. The van der Waals surface area contributed by atoms with E-state index in [4.69, 9.17) is 16.1 Å². The van der Waals surface area contributed by atoms with Crippen LogP contribution in [0.2, 0.25) is 5.02 Å². The summed E-state index contributed by atoms with van der Waals surface area (Å²) < 4.78 is 5.18. The van der Waals surface area contributed by atoms with Crippen molar-refractivity contribution >= 4 is 28.4 Å². The summed E-state index contributed by atoms with van der Waals surface area (Å²) in [6.45, 7) is 2.64. The number of fused-ring (bicyclic) bond motifs is 1. The van der Waals surface area contributed by atoms with Crippen LogP contribution in [0.1, 0.15) is 41.6 Å². The molecule has 0 spiro atoms. The molecule has 0 bridgehead atoms. The first-order valence-corrected chi connectivity index (χ1v) is 8.54. The molecule has 3 aromatic rings. The third kappa shape index (κ3) is 3.79. The molecule has 2 aromatic heterocycles. The van der Waals surface area contributed by atoms with Gasteiger partial charge >= 0.3 is 0 Å². The highest BCUT2D eigenvalue weighted by Crippen LogP contribution is 2.22. The molecule has 0 unspecified atom stereocenters. The van der Waals surface area contributed by atoms with E-state index in [2.05, 4.69) is 22.4 Å². The normalized spacial score (nSPS) is 11.1. The molecule has 0 aliphatic rings. The van der Waals surface area contributed by atoms with Gasteiger partial charge in [-0.05, 0) is 36.6 Å². The van der Waals surface area contributed by atoms with Gasteiger partial charge in [0.05, 0.1) is 0 Å². The number of aromatic nitrogens is 2. The molecule has 1 aromatic carbocycles. The third-order valence-corrected chi connectivity index (χ3v) is 4.21. The highest BCUT2D eigenvalue weighted by atomic mass is 35.5. The maximum absolute atomic E-state index is 12.1. The number of carbonyl (C=O) groups is 1. The number of nitrogens with zero attached hydrogens (tertiary/aromatic N) is 1. The predicted molar refractivity (Wildman–Crippen MR) is 94.5 cm³/mol. The van der Waals surface area contributed by atoms with Crippen LogP contribution in [0.25, 0.3) is 10.9 Å². The van der Waals surface area contributed by atoms with Gasteiger partial charge in [0.2, 0.25) is 0 Å². The van der Waals surface area contributed by atoms with Gasteiger partial charge in [0.1, 0.15) is 5.76 Å². The molecule has 6 heteroatoms. The van der Waals surface area contributed by atoms with Crippen molar-refractivity contribution in [2.45, 2.75) is 32.6 Å². The van der Waals surface area contributed by atoms with Crippen LogP contribution in [0.4, 0.5) is 0 Å². The fourth-order valence-electron chi connectivity index (χ4n) is 2.65. The Morgan fingerprint density at radius 2 is 2.21 bits per heavy atom. The van der Waals surface area contributed by atoms with Crippen LogP contribution >= 0.6 is 11.6 Å². The molecule has 0 aliphatic heterocycles. The number of nitrogens with one attached hydrogen (secondary N) is 2. The number of hydrogen-bond donors (Lipinski definition) is 2. The summed E-state index contributed by atoms with van der Waals surface area (Å²) in [6.07, 6.45) is 5.59. The molecule has 0 radical (unpaired) electrons. The van der Waals surface area contributed by atoms with Crippen molar-refractivity contribution in [3.8, 4) is 0 Å². The van der Waals surface area contributed by atoms with Gasteiger partial charge in [-0.25, -0.2) is 0 Å². The smallest absolute Gasteiger partial charge is 0.273 e. The largest absolute Gasteiger partial charge is 0.361 e. The average molecular weight is 346 g/mol. The highest BCUT2D eigenvalue weighted by molar-refractivity contribution is 6.31. The van der Waals surface area contributed by atoms with Crippen LogP contribution in [0, 0.1) is 0 Å². The molecule has 0 saturated carbocycles. The Kier molecular flexibility index (Phi) is 5.20. The van der Waals surface area contributed by atoms with E-state index in [1.54, 1.807) is 6.07 Å². The number of amides is 1. The van der Waals surface area contributed by atoms with Crippen molar-refractivity contribution in [1.29, 1.82) is 0 Å². The van der Waals surface area contributed by atoms with Gasteiger partial charge in [-0.1, -0.05) is 30.1 Å². The molecule has 126 valence electrons. The van der Waals surface area contributed by atoms with Gasteiger partial charge in [-0.2, -0.15) is 0 Å². The summed E-state index contributed by atoms with van der Waals surface area (Å²) in [5.74, 6) is 0.549. The molecule has 1 amide bonds. The number of carbonyl (C=O) groups excluding carboxylic acids is 1. The molecule has 24 heavy (non-hydrogen) atoms. The minimum absolute atomic E-state index is 0.209. The average Bonchev–Trinajstić information content (AvgIpc) is 3.20. The third-order valence-electron chi connectivity index (χ3n) is 3.98. The Balaban J connectivity index is 1.56. The summed E-state index contributed by atoms with van der Waals surface area (Å²) in [5.41, 5.74) is 2.50. The van der Waals surface area contributed by atoms with Crippen LogP contribution in [-0.4, -0.2) is 22.6 Å². The maximum Gasteiger partial charge on any atom is 0.273 e. The zero-order chi connectivity index (χ0) is 16.9. The van der Waals surface area contributed by atoms with Crippen molar-refractivity contribution < 1.29 is 9.32 Å². The molecule has 3 rings (SSSR count). The lowest BCUT2D eigenvalue weighted by Gasteiger charge is -2.02. The Morgan fingerprint density at radius 3 is 3.04 bits per heavy atom. The Hall–Kier alpha value is -2.27. The molecule has 0 atom stereocenters. The number of H-pyrrole nitrogens is 1. The summed E-state index contributed by atoms with van der Waals surface area (Å²) >= 11 is 6.05. The van der Waals surface area contributed by atoms with E-state index in [9.17, 15) is 4.79 Å². The second kappa shape index (κ2) is 7.53. The lowest BCUT2D eigenvalue weighted by Crippen LogP contribution is -2.25. The van der Waals surface area contributed by atoms with Crippen molar-refractivity contribution in [3.05, 3.63) is 52.5 Å². The molecule has 0 fully saturated rings. The maximum atomic E-state index is 12.1. The number of hydrogen-bond acceptors (Lipinski definition) is 3. The van der Waals surface area contributed by atoms with Gasteiger partial charge < -0.3 is 14.8 Å². The topological polar surface area (TPSA) is 70.9 Å². The van der Waals surface area contributed by atoms with Crippen LogP contribution in [0.15, 0.2) is 35.0 Å². The summed E-state index contributed by atoms with van der Waals surface area (Å²) in [5, 5.41) is 8.50. The Morgan fingerprint density at radius 1 is 1.33 bits per heavy atom. The van der Waals surface area contributed by atoms with Gasteiger partial charge in [0.15, 0.2) is 5.69 Å². The number of benzene rings is 1. The van der Waals surface area contributed by atoms with Gasteiger partial charge in [-0.3, -0.25) is 4.79 Å². The molecule has 0 saturated heterocycles. The van der Waals surface area contributed by atoms with E-state index in [0.29, 0.717) is 23.7 Å². The van der Waals surface area contributed by atoms with Crippen molar-refractivity contribution in [3.63, 3.8) is 0 Å². The summed E-state index contributed by atoms with van der Waals surface area (Å²) in [7, 11) is 0. The SMILES string of the molecule is CCCCc1cc(C(=O)NCCc2c[nH]c3ccc(Cl)cc23)no1. The van der Waals surface area contributed by atoms with E-state index in [-0.39, 0.29) is 5.91 Å². The first-order valence-electron chi connectivity index (χ1n) is 8.16. The Labute approximate surface area is 145 Å². The van der Waals surface area contributed by atoms with Crippen molar-refractivity contribution in [2.24, 2.45) is 0 Å². The zero-order valence-corrected chi connectivity index (χ0v) is 14.3. The number of halogens is 1. The number of unbranched alkanes of at least 4 members (excludes halogenated alkanes) is 1. The standard InChI is InChI=1S/C18H20ClN3O2/c1-2-3-4-14-10-17(22-24-14)18(23)20-8-7-12-11-21-16-6-5-13(19)9-15(12)16/h5-6,9-11,21H,2-4,7-8H2,1H3,(H,20,23). The predicted octanol–water partition coefficient (Wildman–Crippen LogP) is 4.12. The number of aryl methyl sites for hydroxylation is 1. The lowest BCUT2D eigenvalue weighted by atomic mass is 10.1. The lowest BCUT2D eigenvalue weighted by molar-refractivity contribution is 0.0945. The molecule has 5 nitrogen and oxygen atoms in total. The fraction of sp³-hybridized carbons (Fsp3) is 0.333. The van der Waals surface area contributed by atoms with Crippen molar-refractivity contribution in [2.75, 3.05) is 6.54 Å². The highest BCUT2D eigenvalue weighted by Gasteiger charge is 2.12. The summed E-state index contributed by atoms with van der Waals surface area (Å²) in [4.78, 5) is 15.3. The van der Waals surface area contributed by atoms with E-state index in [1.807, 2.05) is 24.4 Å². The van der Waals surface area contributed by atoms with E-state index < -0.39 is 0 Å². The Bertz CT molecular complexity index is 838. The minimum Gasteiger partial charge on any atom is -0.361 e. The number of rotatable bonds is 7. The summed E-state index contributed by atoms with van der Waals surface area (Å²) in [6, 6.07) is 7.46. The van der Waals surface area contributed by atoms with Crippen LogP contribution in [0.5, 0.6) is 0 Å². The molecule has 2 heterocycles. The molecular formula is C18H20ClN3O2. The second-order valence-electron chi connectivity index (χ2n) is 5.79. The van der Waals surface area contributed by atoms with Gasteiger partial charge in [0, 0.05) is 41.2 Å². The molecule has 0 aliphatic carbocycles. The fourth-order valence-corrected chi connectivity index (χ4v) is 2.82. The van der Waals surface area contributed by atoms with Crippen LogP contribution in [0.3, 0.4) is 0 Å². The van der Waals surface area contributed by atoms with E-state index >= 15 is 0 Å². The first-order chi connectivity index (χ1) is 11.7. The first kappa shape index (κ1) is 16.6. The van der Waals surface area contributed by atoms with Crippen LogP contribution in [-0.2, 0) is 12.8 Å². The second-order valence-corrected chi connectivity index (χ2v) is 6.23. The van der Waals surface area contributed by atoms with Crippen LogP contribution < -0.4 is 5.32 Å². The van der Waals surface area contributed by atoms with E-state index in [0.717, 1.165) is 41.5 Å².